The molecule has 0 bridgehead atoms. The number of nitrogens with one attached hydrogen (secondary N) is 1. The molecule has 4 aromatic rings. The Morgan fingerprint density at radius 1 is 1.00 bits per heavy atom. The Morgan fingerprint density at radius 2 is 1.78 bits per heavy atom. The highest BCUT2D eigenvalue weighted by Gasteiger charge is 2.12. The van der Waals surface area contributed by atoms with E-state index in [2.05, 4.69) is 10.4 Å². The van der Waals surface area contributed by atoms with Crippen molar-refractivity contribution >= 4 is 22.4 Å². The molecule has 0 aliphatic rings. The molecule has 1 heterocycles. The maximum absolute atomic E-state index is 13.6. The number of aromatic nitrogens is 2. The molecule has 0 saturated heterocycles. The summed E-state index contributed by atoms with van der Waals surface area (Å²) >= 11 is 0. The minimum absolute atomic E-state index is 0.00246. The molecule has 0 aliphatic carbocycles. The standard InChI is InChI=1S/C21H16FN3O2/c22-17-9-3-4-11-20(17)27-14-25-13-12-19(24-25)21(26)23-18-10-5-7-15-6-1-2-8-16(15)18/h1-13H,14H2,(H,23,26). The van der Waals surface area contributed by atoms with Crippen LogP contribution >= 0.6 is 0 Å². The monoisotopic (exact) mass is 361 g/mol. The van der Waals surface area contributed by atoms with Crippen LogP contribution in [0.25, 0.3) is 10.8 Å². The second kappa shape index (κ2) is 7.29. The first-order valence-electron chi connectivity index (χ1n) is 8.40. The molecule has 0 spiro atoms. The summed E-state index contributed by atoms with van der Waals surface area (Å²) in [5.74, 6) is -0.635. The zero-order chi connectivity index (χ0) is 18.6. The van der Waals surface area contributed by atoms with Gasteiger partial charge in [0.15, 0.2) is 24.0 Å². The summed E-state index contributed by atoms with van der Waals surface area (Å²) in [4.78, 5) is 12.5. The molecule has 4 rings (SSSR count). The van der Waals surface area contributed by atoms with Gasteiger partial charge in [0.05, 0.1) is 0 Å². The number of amides is 1. The third kappa shape index (κ3) is 3.64. The summed E-state index contributed by atoms with van der Waals surface area (Å²) in [7, 11) is 0. The number of carbonyl (C=O) groups is 1. The third-order valence-electron chi connectivity index (χ3n) is 4.10. The summed E-state index contributed by atoms with van der Waals surface area (Å²) < 4.78 is 20.4. The number of anilines is 1. The average Bonchev–Trinajstić information content (AvgIpc) is 3.17. The average molecular weight is 361 g/mol. The highest BCUT2D eigenvalue weighted by atomic mass is 19.1. The van der Waals surface area contributed by atoms with Crippen LogP contribution in [0.2, 0.25) is 0 Å². The maximum Gasteiger partial charge on any atom is 0.276 e. The quantitative estimate of drug-likeness (QED) is 0.571. The SMILES string of the molecule is O=C(Nc1cccc2ccccc12)c1ccn(COc2ccccc2F)n1. The van der Waals surface area contributed by atoms with Crippen molar-refractivity contribution in [1.29, 1.82) is 0 Å². The predicted molar refractivity (Wildman–Crippen MR) is 101 cm³/mol. The lowest BCUT2D eigenvalue weighted by Crippen LogP contribution is -2.14. The van der Waals surface area contributed by atoms with Crippen LogP contribution in [0.5, 0.6) is 5.75 Å². The van der Waals surface area contributed by atoms with Crippen molar-refractivity contribution in [3.05, 3.63) is 90.5 Å². The van der Waals surface area contributed by atoms with Crippen LogP contribution in [-0.2, 0) is 6.73 Å². The van der Waals surface area contributed by atoms with Gasteiger partial charge >= 0.3 is 0 Å². The van der Waals surface area contributed by atoms with Crippen molar-refractivity contribution in [2.24, 2.45) is 0 Å². The van der Waals surface area contributed by atoms with E-state index in [-0.39, 0.29) is 24.1 Å². The Hall–Kier alpha value is -3.67. The number of fused-ring (bicyclic) bond motifs is 1. The van der Waals surface area contributed by atoms with Gasteiger partial charge in [0.2, 0.25) is 0 Å². The Balaban J connectivity index is 1.46. The van der Waals surface area contributed by atoms with E-state index in [0.717, 1.165) is 16.5 Å². The normalized spacial score (nSPS) is 10.7. The number of para-hydroxylation sites is 1. The number of rotatable bonds is 5. The lowest BCUT2D eigenvalue weighted by molar-refractivity contribution is 0.102. The van der Waals surface area contributed by atoms with E-state index in [1.165, 1.54) is 16.8 Å². The molecule has 3 aromatic carbocycles. The first-order chi connectivity index (χ1) is 13.2. The summed E-state index contributed by atoms with van der Waals surface area (Å²) in [5, 5.41) is 9.07. The molecule has 1 aromatic heterocycles. The number of carbonyl (C=O) groups excluding carboxylic acids is 1. The van der Waals surface area contributed by atoms with E-state index < -0.39 is 5.82 Å². The van der Waals surface area contributed by atoms with Gasteiger partial charge in [-0.3, -0.25) is 4.79 Å². The molecule has 0 aliphatic heterocycles. The molecule has 27 heavy (non-hydrogen) atoms. The van der Waals surface area contributed by atoms with Gasteiger partial charge in [0.25, 0.3) is 5.91 Å². The molecule has 0 fully saturated rings. The topological polar surface area (TPSA) is 56.2 Å². The van der Waals surface area contributed by atoms with Crippen LogP contribution in [0.1, 0.15) is 10.5 Å². The third-order valence-corrected chi connectivity index (χ3v) is 4.10. The highest BCUT2D eigenvalue weighted by molar-refractivity contribution is 6.08. The van der Waals surface area contributed by atoms with Crippen LogP contribution in [0.15, 0.2) is 79.0 Å². The second-order valence-electron chi connectivity index (χ2n) is 5.93. The fourth-order valence-electron chi connectivity index (χ4n) is 2.77. The first kappa shape index (κ1) is 16.8. The fourth-order valence-corrected chi connectivity index (χ4v) is 2.77. The number of hydrogen-bond acceptors (Lipinski definition) is 3. The van der Waals surface area contributed by atoms with Crippen LogP contribution in [0, 0.1) is 5.82 Å². The number of nitrogens with zero attached hydrogens (tertiary/aromatic N) is 2. The highest BCUT2D eigenvalue weighted by Crippen LogP contribution is 2.23. The summed E-state index contributed by atoms with van der Waals surface area (Å²) in [6, 6.07) is 21.2. The van der Waals surface area contributed by atoms with Gasteiger partial charge in [0.1, 0.15) is 0 Å². The van der Waals surface area contributed by atoms with Crippen molar-refractivity contribution < 1.29 is 13.9 Å². The summed E-state index contributed by atoms with van der Waals surface area (Å²) in [5.41, 5.74) is 0.968. The zero-order valence-electron chi connectivity index (χ0n) is 14.3. The van der Waals surface area contributed by atoms with Gasteiger partial charge in [-0.25, -0.2) is 9.07 Å². The van der Waals surface area contributed by atoms with Crippen LogP contribution < -0.4 is 10.1 Å². The molecule has 1 N–H and O–H groups in total. The van der Waals surface area contributed by atoms with Crippen molar-refractivity contribution in [2.45, 2.75) is 6.73 Å². The van der Waals surface area contributed by atoms with E-state index in [1.54, 1.807) is 24.4 Å². The molecule has 0 saturated carbocycles. The van der Waals surface area contributed by atoms with E-state index in [1.807, 2.05) is 42.5 Å². The molecule has 0 radical (unpaired) electrons. The smallest absolute Gasteiger partial charge is 0.276 e. The number of ether oxygens (including phenoxy) is 1. The lowest BCUT2D eigenvalue weighted by atomic mass is 10.1. The number of benzene rings is 3. The van der Waals surface area contributed by atoms with Gasteiger partial charge in [-0.2, -0.15) is 5.10 Å². The molecular weight excluding hydrogens is 345 g/mol. The number of hydrogen-bond donors (Lipinski definition) is 1. The minimum Gasteiger partial charge on any atom is -0.468 e. The Labute approximate surface area is 155 Å². The molecule has 134 valence electrons. The molecule has 5 nitrogen and oxygen atoms in total. The Morgan fingerprint density at radius 3 is 2.67 bits per heavy atom. The van der Waals surface area contributed by atoms with Crippen molar-refractivity contribution in [3.63, 3.8) is 0 Å². The van der Waals surface area contributed by atoms with Crippen molar-refractivity contribution in [1.82, 2.24) is 9.78 Å². The largest absolute Gasteiger partial charge is 0.468 e. The first-order valence-corrected chi connectivity index (χ1v) is 8.40. The minimum atomic E-state index is -0.446. The van der Waals surface area contributed by atoms with Gasteiger partial charge in [-0.15, -0.1) is 0 Å². The van der Waals surface area contributed by atoms with E-state index in [4.69, 9.17) is 4.74 Å². The predicted octanol–water partition coefficient (Wildman–Crippen LogP) is 4.46. The van der Waals surface area contributed by atoms with Gasteiger partial charge in [0, 0.05) is 17.3 Å². The number of halogens is 1. The second-order valence-corrected chi connectivity index (χ2v) is 5.93. The molecular formula is C21H16FN3O2. The Kier molecular flexibility index (Phi) is 4.53. The van der Waals surface area contributed by atoms with Crippen LogP contribution in [-0.4, -0.2) is 15.7 Å². The van der Waals surface area contributed by atoms with Gasteiger partial charge in [-0.05, 0) is 29.7 Å². The molecule has 0 atom stereocenters. The molecule has 6 heteroatoms. The molecule has 1 amide bonds. The van der Waals surface area contributed by atoms with Gasteiger partial charge in [-0.1, -0.05) is 48.5 Å². The fraction of sp³-hybridized carbons (Fsp3) is 0.0476. The van der Waals surface area contributed by atoms with E-state index in [0.29, 0.717) is 0 Å². The van der Waals surface area contributed by atoms with Crippen molar-refractivity contribution in [2.75, 3.05) is 5.32 Å². The summed E-state index contributed by atoms with van der Waals surface area (Å²) in [6.07, 6.45) is 1.61. The van der Waals surface area contributed by atoms with E-state index in [9.17, 15) is 9.18 Å². The van der Waals surface area contributed by atoms with Crippen LogP contribution in [0.4, 0.5) is 10.1 Å². The van der Waals surface area contributed by atoms with Crippen molar-refractivity contribution in [3.8, 4) is 5.75 Å². The van der Waals surface area contributed by atoms with Crippen LogP contribution in [0.3, 0.4) is 0 Å². The van der Waals surface area contributed by atoms with E-state index >= 15 is 0 Å². The zero-order valence-corrected chi connectivity index (χ0v) is 14.3. The lowest BCUT2D eigenvalue weighted by Gasteiger charge is -2.08. The van der Waals surface area contributed by atoms with Gasteiger partial charge < -0.3 is 10.1 Å². The summed E-state index contributed by atoms with van der Waals surface area (Å²) in [6.45, 7) is 0.00246. The Bertz CT molecular complexity index is 1100. The maximum atomic E-state index is 13.6. The molecule has 0 unspecified atom stereocenters.